The molecule has 0 aliphatic carbocycles. The SMILES string of the molecule is CC(C)(C)OC(=O)N1CCN(c2ccc(C=NNO)cn2)CC1. The van der Waals surface area contributed by atoms with Crippen LogP contribution < -0.4 is 10.5 Å². The van der Waals surface area contributed by atoms with Crippen molar-refractivity contribution in [1.82, 2.24) is 15.5 Å². The number of nitrogens with one attached hydrogen (secondary N) is 1. The second kappa shape index (κ2) is 7.28. The minimum Gasteiger partial charge on any atom is -0.444 e. The van der Waals surface area contributed by atoms with E-state index in [9.17, 15) is 4.79 Å². The van der Waals surface area contributed by atoms with Crippen LogP contribution >= 0.6 is 0 Å². The van der Waals surface area contributed by atoms with Gasteiger partial charge in [-0.1, -0.05) is 0 Å². The van der Waals surface area contributed by atoms with Crippen molar-refractivity contribution in [2.24, 2.45) is 5.10 Å². The van der Waals surface area contributed by atoms with Crippen LogP contribution in [-0.4, -0.2) is 59.2 Å². The number of pyridine rings is 1. The number of hydrazone groups is 1. The zero-order chi connectivity index (χ0) is 16.9. The van der Waals surface area contributed by atoms with Gasteiger partial charge in [-0.25, -0.2) is 9.78 Å². The third-order valence-electron chi connectivity index (χ3n) is 3.30. The molecule has 1 aliphatic rings. The van der Waals surface area contributed by atoms with E-state index in [1.165, 1.54) is 6.21 Å². The molecule has 126 valence electrons. The second-order valence-corrected chi connectivity index (χ2v) is 6.26. The lowest BCUT2D eigenvalue weighted by Crippen LogP contribution is -2.50. The fourth-order valence-corrected chi connectivity index (χ4v) is 2.21. The van der Waals surface area contributed by atoms with Gasteiger partial charge in [0.2, 0.25) is 0 Å². The van der Waals surface area contributed by atoms with Gasteiger partial charge in [0, 0.05) is 37.9 Å². The molecule has 2 rings (SSSR count). The maximum atomic E-state index is 12.0. The van der Waals surface area contributed by atoms with E-state index in [-0.39, 0.29) is 6.09 Å². The molecule has 0 bridgehead atoms. The minimum absolute atomic E-state index is 0.270. The van der Waals surface area contributed by atoms with Crippen molar-refractivity contribution in [2.45, 2.75) is 26.4 Å². The molecule has 0 aromatic carbocycles. The van der Waals surface area contributed by atoms with Crippen LogP contribution in [0.5, 0.6) is 0 Å². The average molecular weight is 321 g/mol. The zero-order valence-corrected chi connectivity index (χ0v) is 13.7. The molecule has 1 aliphatic heterocycles. The van der Waals surface area contributed by atoms with Crippen molar-refractivity contribution in [1.29, 1.82) is 0 Å². The number of ether oxygens (including phenoxy) is 1. The molecule has 1 aromatic heterocycles. The highest BCUT2D eigenvalue weighted by atomic mass is 16.6. The van der Waals surface area contributed by atoms with Gasteiger partial charge in [0.25, 0.3) is 0 Å². The summed E-state index contributed by atoms with van der Waals surface area (Å²) in [4.78, 5) is 20.2. The minimum atomic E-state index is -0.476. The average Bonchev–Trinajstić information content (AvgIpc) is 2.52. The van der Waals surface area contributed by atoms with Crippen LogP contribution in [0.3, 0.4) is 0 Å². The Morgan fingerprint density at radius 1 is 1.35 bits per heavy atom. The Kier molecular flexibility index (Phi) is 5.38. The molecular weight excluding hydrogens is 298 g/mol. The number of carbonyl (C=O) groups is 1. The van der Waals surface area contributed by atoms with E-state index in [0.717, 1.165) is 11.4 Å². The quantitative estimate of drug-likeness (QED) is 0.647. The molecule has 0 saturated carbocycles. The predicted molar refractivity (Wildman–Crippen MR) is 86.8 cm³/mol. The number of carbonyl (C=O) groups excluding carboxylic acids is 1. The molecule has 2 heterocycles. The first-order valence-electron chi connectivity index (χ1n) is 7.50. The summed E-state index contributed by atoms with van der Waals surface area (Å²) in [6, 6.07) is 3.76. The van der Waals surface area contributed by atoms with E-state index in [1.807, 2.05) is 32.9 Å². The van der Waals surface area contributed by atoms with Crippen molar-refractivity contribution < 1.29 is 14.7 Å². The lowest BCUT2D eigenvalue weighted by molar-refractivity contribution is 0.0240. The number of piperazine rings is 1. The summed E-state index contributed by atoms with van der Waals surface area (Å²) in [5, 5.41) is 11.9. The summed E-state index contributed by atoms with van der Waals surface area (Å²) in [5.41, 5.74) is 2.01. The Balaban J connectivity index is 1.89. The standard InChI is InChI=1S/C15H23N5O3/c1-15(2,3)23-14(21)20-8-6-19(7-9-20)13-5-4-12(10-16-13)11-17-18-22/h4-5,10-11,18,22H,6-9H2,1-3H3. The third-order valence-corrected chi connectivity index (χ3v) is 3.30. The maximum absolute atomic E-state index is 12.0. The van der Waals surface area contributed by atoms with E-state index < -0.39 is 5.60 Å². The van der Waals surface area contributed by atoms with E-state index >= 15 is 0 Å². The van der Waals surface area contributed by atoms with Gasteiger partial charge < -0.3 is 14.5 Å². The lowest BCUT2D eigenvalue weighted by Gasteiger charge is -2.36. The van der Waals surface area contributed by atoms with Crippen LogP contribution in [0.25, 0.3) is 0 Å². The fraction of sp³-hybridized carbons (Fsp3) is 0.533. The van der Waals surface area contributed by atoms with Crippen LogP contribution in [0.2, 0.25) is 0 Å². The van der Waals surface area contributed by atoms with Gasteiger partial charge in [0.15, 0.2) is 0 Å². The summed E-state index contributed by atoms with van der Waals surface area (Å²) in [7, 11) is 0. The topological polar surface area (TPSA) is 90.3 Å². The molecule has 8 nitrogen and oxygen atoms in total. The number of rotatable bonds is 3. The number of hydrogen-bond acceptors (Lipinski definition) is 7. The first kappa shape index (κ1) is 17.0. The highest BCUT2D eigenvalue weighted by Gasteiger charge is 2.26. The highest BCUT2D eigenvalue weighted by Crippen LogP contribution is 2.16. The molecule has 1 aromatic rings. The molecule has 0 radical (unpaired) electrons. The molecule has 1 saturated heterocycles. The summed E-state index contributed by atoms with van der Waals surface area (Å²) in [5.74, 6) is 0.850. The number of nitrogens with zero attached hydrogens (tertiary/aromatic N) is 4. The van der Waals surface area contributed by atoms with Crippen LogP contribution in [-0.2, 0) is 4.74 Å². The summed E-state index contributed by atoms with van der Waals surface area (Å²) < 4.78 is 5.38. The van der Waals surface area contributed by atoms with Gasteiger partial charge in [-0.2, -0.15) is 10.7 Å². The smallest absolute Gasteiger partial charge is 0.410 e. The largest absolute Gasteiger partial charge is 0.444 e. The molecule has 1 amide bonds. The van der Waals surface area contributed by atoms with Gasteiger partial charge in [-0.3, -0.25) is 5.21 Å². The Hall–Kier alpha value is -2.35. The monoisotopic (exact) mass is 321 g/mol. The van der Waals surface area contributed by atoms with Crippen molar-refractivity contribution in [3.63, 3.8) is 0 Å². The third kappa shape index (κ3) is 5.10. The van der Waals surface area contributed by atoms with Gasteiger partial charge in [0.05, 0.1) is 6.21 Å². The Bertz CT molecular complexity index is 545. The molecule has 2 N–H and O–H groups in total. The van der Waals surface area contributed by atoms with Crippen LogP contribution in [0.4, 0.5) is 10.6 Å². The molecule has 8 heteroatoms. The van der Waals surface area contributed by atoms with Gasteiger partial charge in [0.1, 0.15) is 11.4 Å². The highest BCUT2D eigenvalue weighted by molar-refractivity contribution is 5.79. The number of hydrogen-bond donors (Lipinski definition) is 2. The zero-order valence-electron chi connectivity index (χ0n) is 13.7. The number of anilines is 1. The van der Waals surface area contributed by atoms with Crippen LogP contribution in [0, 0.1) is 0 Å². The van der Waals surface area contributed by atoms with Crippen LogP contribution in [0.1, 0.15) is 26.3 Å². The predicted octanol–water partition coefficient (Wildman–Crippen LogP) is 1.45. The van der Waals surface area contributed by atoms with Crippen molar-refractivity contribution in [3.8, 4) is 0 Å². The van der Waals surface area contributed by atoms with E-state index in [1.54, 1.807) is 16.7 Å². The molecule has 23 heavy (non-hydrogen) atoms. The van der Waals surface area contributed by atoms with Gasteiger partial charge in [-0.05, 0) is 32.9 Å². The van der Waals surface area contributed by atoms with E-state index in [2.05, 4.69) is 15.0 Å². The van der Waals surface area contributed by atoms with Gasteiger partial charge in [-0.15, -0.1) is 0 Å². The summed E-state index contributed by atoms with van der Waals surface area (Å²) in [6.45, 7) is 8.21. The number of aromatic nitrogens is 1. The van der Waals surface area contributed by atoms with Crippen LogP contribution in [0.15, 0.2) is 23.4 Å². The Morgan fingerprint density at radius 2 is 2.04 bits per heavy atom. The Morgan fingerprint density at radius 3 is 2.57 bits per heavy atom. The lowest BCUT2D eigenvalue weighted by atomic mass is 10.2. The number of amides is 1. The maximum Gasteiger partial charge on any atom is 0.410 e. The van der Waals surface area contributed by atoms with Crippen molar-refractivity contribution in [2.75, 3.05) is 31.1 Å². The van der Waals surface area contributed by atoms with Gasteiger partial charge >= 0.3 is 6.09 Å². The Labute approximate surface area is 135 Å². The van der Waals surface area contributed by atoms with E-state index in [0.29, 0.717) is 26.2 Å². The molecule has 0 unspecified atom stereocenters. The van der Waals surface area contributed by atoms with Crippen molar-refractivity contribution in [3.05, 3.63) is 23.9 Å². The molecule has 0 atom stereocenters. The van der Waals surface area contributed by atoms with Crippen molar-refractivity contribution >= 4 is 18.1 Å². The summed E-state index contributed by atoms with van der Waals surface area (Å²) >= 11 is 0. The molecular formula is C15H23N5O3. The molecule has 1 fully saturated rings. The molecule has 0 spiro atoms. The fourth-order valence-electron chi connectivity index (χ4n) is 2.21. The van der Waals surface area contributed by atoms with E-state index in [4.69, 9.17) is 9.94 Å². The summed E-state index contributed by atoms with van der Waals surface area (Å²) in [6.07, 6.45) is 2.88. The normalized spacial score (nSPS) is 15.8. The first-order valence-corrected chi connectivity index (χ1v) is 7.50. The second-order valence-electron chi connectivity index (χ2n) is 6.26. The first-order chi connectivity index (χ1) is 10.9.